The molecule has 1 aromatic rings. The Morgan fingerprint density at radius 2 is 1.07 bits per heavy atom. The van der Waals surface area contributed by atoms with E-state index in [0.717, 1.165) is 22.8 Å². The van der Waals surface area contributed by atoms with Crippen LogP contribution < -0.4 is 0 Å². The summed E-state index contributed by atoms with van der Waals surface area (Å²) in [6.45, 7) is 13.7. The van der Waals surface area contributed by atoms with Crippen LogP contribution in [0.2, 0.25) is 0 Å². The molecule has 3 heteroatoms. The topological polar surface area (TPSA) is 37.6 Å². The fourth-order valence-corrected chi connectivity index (χ4v) is 5.25. The molecule has 2 saturated carbocycles. The van der Waals surface area contributed by atoms with Gasteiger partial charge in [0.2, 0.25) is 0 Å². The molecule has 0 bridgehead atoms. The van der Waals surface area contributed by atoms with Crippen molar-refractivity contribution in [2.75, 3.05) is 0 Å². The summed E-state index contributed by atoms with van der Waals surface area (Å²) in [4.78, 5) is 15.2. The predicted octanol–water partition coefficient (Wildman–Crippen LogP) is 6.35. The van der Waals surface area contributed by atoms with Crippen LogP contribution in [-0.4, -0.2) is 28.5 Å². The number of nitrogens with zero attached hydrogens (tertiary/aromatic N) is 3. The van der Waals surface area contributed by atoms with Crippen LogP contribution in [0, 0.1) is 23.7 Å². The molecule has 0 N–H and O–H groups in total. The van der Waals surface area contributed by atoms with Gasteiger partial charge in [-0.3, -0.25) is 9.98 Å². The largest absolute Gasteiger partial charge is 0.284 e. The number of pyridine rings is 1. The molecule has 1 aromatic heterocycles. The van der Waals surface area contributed by atoms with Gasteiger partial charge >= 0.3 is 0 Å². The molecule has 1 heterocycles. The first-order valence-electron chi connectivity index (χ1n) is 11.4. The molecule has 2 aliphatic carbocycles. The van der Waals surface area contributed by atoms with Crippen molar-refractivity contribution < 1.29 is 0 Å². The van der Waals surface area contributed by atoms with Gasteiger partial charge in [-0.2, -0.15) is 0 Å². The summed E-state index contributed by atoms with van der Waals surface area (Å²) in [6.07, 6.45) is 7.86. The third-order valence-electron chi connectivity index (χ3n) is 7.15. The maximum atomic E-state index is 5.12. The minimum Gasteiger partial charge on any atom is -0.284 e. The van der Waals surface area contributed by atoms with E-state index < -0.39 is 0 Å². The SMILES string of the molecule is CC(=NC1C(C)CCCC1C)c1cccc(C(C)=NC2C(C)CCCC2C)n1. The second-order valence-corrected chi connectivity index (χ2v) is 9.59. The Balaban J connectivity index is 1.81. The Hall–Kier alpha value is -1.51. The number of hydrogen-bond donors (Lipinski definition) is 0. The van der Waals surface area contributed by atoms with E-state index in [-0.39, 0.29) is 0 Å². The average Bonchev–Trinajstić information content (AvgIpc) is 2.67. The molecule has 0 spiro atoms. The molecule has 0 aliphatic heterocycles. The van der Waals surface area contributed by atoms with E-state index in [4.69, 9.17) is 15.0 Å². The van der Waals surface area contributed by atoms with Gasteiger partial charge in [-0.05, 0) is 75.3 Å². The number of hydrogen-bond acceptors (Lipinski definition) is 3. The maximum absolute atomic E-state index is 5.12. The maximum Gasteiger partial charge on any atom is 0.0845 e. The lowest BCUT2D eigenvalue weighted by atomic mass is 9.79. The summed E-state index contributed by atoms with van der Waals surface area (Å²) in [5.41, 5.74) is 4.14. The van der Waals surface area contributed by atoms with E-state index in [2.05, 4.69) is 59.7 Å². The Morgan fingerprint density at radius 3 is 1.43 bits per heavy atom. The summed E-state index contributed by atoms with van der Waals surface area (Å²) in [6, 6.07) is 7.16. The van der Waals surface area contributed by atoms with Crippen LogP contribution in [-0.2, 0) is 0 Å². The molecule has 0 saturated heterocycles. The third kappa shape index (κ3) is 4.90. The second-order valence-electron chi connectivity index (χ2n) is 9.59. The van der Waals surface area contributed by atoms with Crippen molar-refractivity contribution >= 4 is 11.4 Å². The van der Waals surface area contributed by atoms with Gasteiger partial charge in [0.25, 0.3) is 0 Å². The van der Waals surface area contributed by atoms with E-state index in [1.54, 1.807) is 0 Å². The molecular weight excluding hydrogens is 342 g/mol. The van der Waals surface area contributed by atoms with Crippen molar-refractivity contribution in [2.24, 2.45) is 33.7 Å². The smallest absolute Gasteiger partial charge is 0.0845 e. The lowest BCUT2D eigenvalue weighted by molar-refractivity contribution is 0.253. The van der Waals surface area contributed by atoms with Crippen molar-refractivity contribution in [3.63, 3.8) is 0 Å². The number of aromatic nitrogens is 1. The standard InChI is InChI=1S/C25H39N3/c1-16-10-7-11-17(2)24(16)26-20(5)22-14-9-15-23(28-22)21(6)27-25-18(3)12-8-13-19(25)4/h9,14-19,24-25H,7-8,10-13H2,1-6H3. The molecule has 4 atom stereocenters. The van der Waals surface area contributed by atoms with Gasteiger partial charge in [-0.1, -0.05) is 46.6 Å². The van der Waals surface area contributed by atoms with Gasteiger partial charge in [0.05, 0.1) is 34.9 Å². The van der Waals surface area contributed by atoms with Crippen molar-refractivity contribution in [1.82, 2.24) is 4.98 Å². The second kappa shape index (κ2) is 9.33. The summed E-state index contributed by atoms with van der Waals surface area (Å²) in [7, 11) is 0. The molecule has 3 nitrogen and oxygen atoms in total. The van der Waals surface area contributed by atoms with E-state index >= 15 is 0 Å². The van der Waals surface area contributed by atoms with E-state index in [0.29, 0.717) is 35.8 Å². The van der Waals surface area contributed by atoms with Gasteiger partial charge in [0.1, 0.15) is 0 Å². The summed E-state index contributed by atoms with van der Waals surface area (Å²) in [5, 5.41) is 0. The Bertz CT molecular complexity index is 643. The number of rotatable bonds is 4. The van der Waals surface area contributed by atoms with Crippen LogP contribution in [0.1, 0.15) is 91.5 Å². The fourth-order valence-electron chi connectivity index (χ4n) is 5.25. The first-order valence-corrected chi connectivity index (χ1v) is 11.4. The monoisotopic (exact) mass is 381 g/mol. The summed E-state index contributed by atoms with van der Waals surface area (Å²) in [5.74, 6) is 2.66. The minimum atomic E-state index is 0.429. The van der Waals surface area contributed by atoms with Crippen molar-refractivity contribution in [2.45, 2.75) is 92.2 Å². The highest BCUT2D eigenvalue weighted by molar-refractivity contribution is 6.00. The molecule has 28 heavy (non-hydrogen) atoms. The van der Waals surface area contributed by atoms with Gasteiger partial charge in [0.15, 0.2) is 0 Å². The highest BCUT2D eigenvalue weighted by Gasteiger charge is 2.28. The summed E-state index contributed by atoms with van der Waals surface area (Å²) < 4.78 is 0. The van der Waals surface area contributed by atoms with Crippen molar-refractivity contribution in [3.8, 4) is 0 Å². The molecule has 3 rings (SSSR count). The lowest BCUT2D eigenvalue weighted by Gasteiger charge is -2.32. The highest BCUT2D eigenvalue weighted by Crippen LogP contribution is 2.32. The zero-order chi connectivity index (χ0) is 20.3. The highest BCUT2D eigenvalue weighted by atomic mass is 14.9. The molecule has 4 unspecified atom stereocenters. The van der Waals surface area contributed by atoms with Crippen molar-refractivity contribution in [1.29, 1.82) is 0 Å². The third-order valence-corrected chi connectivity index (χ3v) is 7.15. The average molecular weight is 382 g/mol. The Kier molecular flexibility index (Phi) is 7.06. The Labute approximate surface area is 172 Å². The molecular formula is C25H39N3. The van der Waals surface area contributed by atoms with Crippen LogP contribution in [0.25, 0.3) is 0 Å². The summed E-state index contributed by atoms with van der Waals surface area (Å²) >= 11 is 0. The Morgan fingerprint density at radius 1 is 0.714 bits per heavy atom. The molecule has 2 aliphatic rings. The van der Waals surface area contributed by atoms with Gasteiger partial charge in [0, 0.05) is 0 Å². The molecule has 0 radical (unpaired) electrons. The quantitative estimate of drug-likeness (QED) is 0.560. The number of aliphatic imine (C=N–C) groups is 2. The lowest BCUT2D eigenvalue weighted by Crippen LogP contribution is -2.30. The fraction of sp³-hybridized carbons (Fsp3) is 0.720. The minimum absolute atomic E-state index is 0.429. The first-order chi connectivity index (χ1) is 13.4. The van der Waals surface area contributed by atoms with Crippen LogP contribution >= 0.6 is 0 Å². The molecule has 0 aromatic carbocycles. The normalized spacial score (nSPS) is 35.1. The molecule has 154 valence electrons. The van der Waals surface area contributed by atoms with E-state index in [1.807, 2.05) is 0 Å². The van der Waals surface area contributed by atoms with Gasteiger partial charge < -0.3 is 0 Å². The predicted molar refractivity (Wildman–Crippen MR) is 121 cm³/mol. The van der Waals surface area contributed by atoms with Crippen LogP contribution in [0.4, 0.5) is 0 Å². The molecule has 2 fully saturated rings. The zero-order valence-corrected chi connectivity index (χ0v) is 18.8. The van der Waals surface area contributed by atoms with Gasteiger partial charge in [-0.15, -0.1) is 0 Å². The molecule has 0 amide bonds. The van der Waals surface area contributed by atoms with Gasteiger partial charge in [-0.25, -0.2) is 4.98 Å². The van der Waals surface area contributed by atoms with Crippen LogP contribution in [0.3, 0.4) is 0 Å². The van der Waals surface area contributed by atoms with E-state index in [1.165, 1.54) is 38.5 Å². The van der Waals surface area contributed by atoms with E-state index in [9.17, 15) is 0 Å². The van der Waals surface area contributed by atoms with Crippen LogP contribution in [0.5, 0.6) is 0 Å². The first kappa shape index (κ1) is 21.2. The van der Waals surface area contributed by atoms with Crippen molar-refractivity contribution in [3.05, 3.63) is 29.6 Å². The van der Waals surface area contributed by atoms with Crippen LogP contribution in [0.15, 0.2) is 28.2 Å². The zero-order valence-electron chi connectivity index (χ0n) is 18.8.